The van der Waals surface area contributed by atoms with Crippen LogP contribution in [0.3, 0.4) is 0 Å². The van der Waals surface area contributed by atoms with Crippen LogP contribution in [0.2, 0.25) is 5.02 Å². The molecule has 0 heterocycles. The Hall–Kier alpha value is -1.86. The van der Waals surface area contributed by atoms with Gasteiger partial charge in [-0.2, -0.15) is 0 Å². The number of nitrogens with zero attached hydrogens (tertiary/aromatic N) is 1. The number of hydrogen-bond acceptors (Lipinski definition) is 5. The molecular formula is C9H9ClN2O5. The first-order valence-corrected chi connectivity index (χ1v) is 4.91. The van der Waals surface area contributed by atoms with E-state index in [1.807, 2.05) is 0 Å². The average Bonchev–Trinajstić information content (AvgIpc) is 2.28. The van der Waals surface area contributed by atoms with Crippen LogP contribution in [0.25, 0.3) is 0 Å². The van der Waals surface area contributed by atoms with Crippen molar-refractivity contribution in [1.82, 2.24) is 0 Å². The standard InChI is InChI=1S/C9H9ClN2O5/c10-7-5-6(12(15)16)1-2-8(7)11-9(14)17-4-3-13/h1-2,5,13H,3-4H2,(H,11,14). The molecule has 1 rings (SSSR count). The second kappa shape index (κ2) is 6.02. The quantitative estimate of drug-likeness (QED) is 0.635. The summed E-state index contributed by atoms with van der Waals surface area (Å²) >= 11 is 5.73. The largest absolute Gasteiger partial charge is 0.447 e. The number of aliphatic hydroxyl groups excluding tert-OH is 1. The van der Waals surface area contributed by atoms with Gasteiger partial charge in [0.05, 0.1) is 22.2 Å². The Bertz CT molecular complexity index is 437. The number of anilines is 1. The lowest BCUT2D eigenvalue weighted by Crippen LogP contribution is -2.16. The minimum Gasteiger partial charge on any atom is -0.447 e. The molecule has 0 spiro atoms. The third-order valence-corrected chi connectivity index (χ3v) is 2.04. The summed E-state index contributed by atoms with van der Waals surface area (Å²) in [6.07, 6.45) is -0.796. The van der Waals surface area contributed by atoms with Crippen LogP contribution in [0.15, 0.2) is 18.2 Å². The molecule has 17 heavy (non-hydrogen) atoms. The molecular weight excluding hydrogens is 252 g/mol. The first-order chi connectivity index (χ1) is 8.04. The molecule has 0 bridgehead atoms. The van der Waals surface area contributed by atoms with Gasteiger partial charge in [-0.25, -0.2) is 4.79 Å². The van der Waals surface area contributed by atoms with Gasteiger partial charge in [-0.05, 0) is 6.07 Å². The monoisotopic (exact) mass is 260 g/mol. The predicted molar refractivity (Wildman–Crippen MR) is 60.2 cm³/mol. The Kier molecular flexibility index (Phi) is 4.68. The van der Waals surface area contributed by atoms with Crippen LogP contribution in [-0.4, -0.2) is 29.3 Å². The van der Waals surface area contributed by atoms with Crippen LogP contribution in [0.4, 0.5) is 16.2 Å². The van der Waals surface area contributed by atoms with E-state index >= 15 is 0 Å². The number of halogens is 1. The van der Waals surface area contributed by atoms with Crippen molar-refractivity contribution in [2.24, 2.45) is 0 Å². The molecule has 0 atom stereocenters. The van der Waals surface area contributed by atoms with Crippen LogP contribution in [0.5, 0.6) is 0 Å². The number of benzene rings is 1. The SMILES string of the molecule is O=C(Nc1ccc([N+](=O)[O-])cc1Cl)OCCO. The predicted octanol–water partition coefficient (Wildman–Crippen LogP) is 1.79. The maximum Gasteiger partial charge on any atom is 0.411 e. The van der Waals surface area contributed by atoms with Gasteiger partial charge in [0.2, 0.25) is 0 Å². The lowest BCUT2D eigenvalue weighted by Gasteiger charge is -2.07. The lowest BCUT2D eigenvalue weighted by atomic mass is 10.3. The zero-order chi connectivity index (χ0) is 12.8. The van der Waals surface area contributed by atoms with E-state index in [0.717, 1.165) is 6.07 Å². The van der Waals surface area contributed by atoms with Crippen LogP contribution in [0.1, 0.15) is 0 Å². The Balaban J connectivity index is 2.72. The maximum atomic E-state index is 11.1. The van der Waals surface area contributed by atoms with Gasteiger partial charge in [0.25, 0.3) is 5.69 Å². The molecule has 92 valence electrons. The highest BCUT2D eigenvalue weighted by Gasteiger charge is 2.11. The summed E-state index contributed by atoms with van der Waals surface area (Å²) in [7, 11) is 0. The molecule has 1 amide bonds. The fraction of sp³-hybridized carbons (Fsp3) is 0.222. The van der Waals surface area contributed by atoms with E-state index in [2.05, 4.69) is 10.1 Å². The van der Waals surface area contributed by atoms with Gasteiger partial charge in [-0.15, -0.1) is 0 Å². The molecule has 0 unspecified atom stereocenters. The summed E-state index contributed by atoms with van der Waals surface area (Å²) in [6.45, 7) is -0.433. The summed E-state index contributed by atoms with van der Waals surface area (Å²) in [5.41, 5.74) is 0.0180. The number of nitro benzene ring substituents is 1. The summed E-state index contributed by atoms with van der Waals surface area (Å²) in [5, 5.41) is 21.2. The van der Waals surface area contributed by atoms with Gasteiger partial charge in [0.15, 0.2) is 0 Å². The molecule has 0 aliphatic heterocycles. The van der Waals surface area contributed by atoms with Gasteiger partial charge in [-0.3, -0.25) is 15.4 Å². The molecule has 0 aromatic heterocycles. The fourth-order valence-electron chi connectivity index (χ4n) is 1.00. The van der Waals surface area contributed by atoms with E-state index in [1.165, 1.54) is 12.1 Å². The van der Waals surface area contributed by atoms with Gasteiger partial charge in [-0.1, -0.05) is 11.6 Å². The number of hydrogen-bond donors (Lipinski definition) is 2. The van der Waals surface area contributed by atoms with Crippen molar-refractivity contribution in [3.05, 3.63) is 33.3 Å². The number of nitrogens with one attached hydrogen (secondary N) is 1. The molecule has 0 saturated carbocycles. The van der Waals surface area contributed by atoms with E-state index in [1.54, 1.807) is 0 Å². The highest BCUT2D eigenvalue weighted by atomic mass is 35.5. The molecule has 0 radical (unpaired) electrons. The highest BCUT2D eigenvalue weighted by Crippen LogP contribution is 2.26. The number of ether oxygens (including phenoxy) is 1. The Morgan fingerprint density at radius 1 is 1.59 bits per heavy atom. The van der Waals surface area contributed by atoms with Gasteiger partial charge < -0.3 is 9.84 Å². The van der Waals surface area contributed by atoms with Crippen LogP contribution >= 0.6 is 11.6 Å². The molecule has 1 aromatic carbocycles. The van der Waals surface area contributed by atoms with Crippen molar-refractivity contribution in [1.29, 1.82) is 0 Å². The normalized spacial score (nSPS) is 9.76. The highest BCUT2D eigenvalue weighted by molar-refractivity contribution is 6.33. The number of aliphatic hydroxyl groups is 1. The molecule has 2 N–H and O–H groups in total. The molecule has 0 fully saturated rings. The average molecular weight is 261 g/mol. The van der Waals surface area contributed by atoms with Crippen molar-refractivity contribution in [3.8, 4) is 0 Å². The topological polar surface area (TPSA) is 102 Å². The smallest absolute Gasteiger partial charge is 0.411 e. The van der Waals surface area contributed by atoms with Crippen molar-refractivity contribution in [3.63, 3.8) is 0 Å². The zero-order valence-electron chi connectivity index (χ0n) is 8.55. The van der Waals surface area contributed by atoms with E-state index in [9.17, 15) is 14.9 Å². The number of amides is 1. The zero-order valence-corrected chi connectivity index (χ0v) is 9.31. The lowest BCUT2D eigenvalue weighted by molar-refractivity contribution is -0.384. The molecule has 0 saturated heterocycles. The summed E-state index contributed by atoms with van der Waals surface area (Å²) in [4.78, 5) is 20.9. The minimum absolute atomic E-state index is 0.0279. The van der Waals surface area contributed by atoms with E-state index in [4.69, 9.17) is 16.7 Å². The minimum atomic E-state index is -0.796. The second-order valence-corrected chi connectivity index (χ2v) is 3.31. The number of carbonyl (C=O) groups excluding carboxylic acids is 1. The molecule has 7 nitrogen and oxygen atoms in total. The first-order valence-electron chi connectivity index (χ1n) is 4.53. The van der Waals surface area contributed by atoms with E-state index < -0.39 is 11.0 Å². The fourth-order valence-corrected chi connectivity index (χ4v) is 1.23. The Morgan fingerprint density at radius 3 is 2.82 bits per heavy atom. The van der Waals surface area contributed by atoms with Crippen molar-refractivity contribution < 1.29 is 19.6 Å². The maximum absolute atomic E-state index is 11.1. The number of nitro groups is 1. The van der Waals surface area contributed by atoms with Gasteiger partial charge in [0, 0.05) is 12.1 Å². The van der Waals surface area contributed by atoms with Gasteiger partial charge >= 0.3 is 6.09 Å². The number of rotatable bonds is 4. The van der Waals surface area contributed by atoms with Gasteiger partial charge in [0.1, 0.15) is 6.61 Å². The summed E-state index contributed by atoms with van der Waals surface area (Å²) in [6, 6.07) is 3.61. The molecule has 0 aliphatic carbocycles. The number of non-ortho nitro benzene ring substituents is 1. The van der Waals surface area contributed by atoms with E-state index in [0.29, 0.717) is 0 Å². The molecule has 0 aliphatic rings. The van der Waals surface area contributed by atoms with E-state index in [-0.39, 0.29) is 29.6 Å². The Labute approximate surface area is 101 Å². The second-order valence-electron chi connectivity index (χ2n) is 2.91. The van der Waals surface area contributed by atoms with Crippen LogP contribution in [0, 0.1) is 10.1 Å². The first kappa shape index (κ1) is 13.2. The third-order valence-electron chi connectivity index (χ3n) is 1.72. The Morgan fingerprint density at radius 2 is 2.29 bits per heavy atom. The van der Waals surface area contributed by atoms with Crippen molar-refractivity contribution >= 4 is 29.1 Å². The molecule has 1 aromatic rings. The summed E-state index contributed by atoms with van der Waals surface area (Å²) < 4.78 is 4.54. The number of carbonyl (C=O) groups is 1. The van der Waals surface area contributed by atoms with Crippen molar-refractivity contribution in [2.45, 2.75) is 0 Å². The van der Waals surface area contributed by atoms with Crippen molar-refractivity contribution in [2.75, 3.05) is 18.5 Å². The molecule has 8 heteroatoms. The third kappa shape index (κ3) is 3.89. The van der Waals surface area contributed by atoms with Crippen LogP contribution in [-0.2, 0) is 4.74 Å². The van der Waals surface area contributed by atoms with Crippen LogP contribution < -0.4 is 5.32 Å². The summed E-state index contributed by atoms with van der Waals surface area (Å²) in [5.74, 6) is 0.